The molecule has 0 radical (unpaired) electrons. The van der Waals surface area contributed by atoms with Gasteiger partial charge in [0.05, 0.1) is 6.54 Å². The lowest BCUT2D eigenvalue weighted by Gasteiger charge is -2.42. The fraction of sp³-hybridized carbons (Fsp3) is 0.632. The zero-order valence-electron chi connectivity index (χ0n) is 14.1. The quantitative estimate of drug-likeness (QED) is 0.805. The van der Waals surface area contributed by atoms with Crippen LogP contribution in [0.25, 0.3) is 0 Å². The van der Waals surface area contributed by atoms with Crippen LogP contribution in [-0.4, -0.2) is 42.2 Å². The van der Waals surface area contributed by atoms with E-state index >= 15 is 0 Å². The number of aliphatic hydroxyl groups excluding tert-OH is 1. The Labute approximate surface area is 143 Å². The molecule has 1 saturated heterocycles. The molecule has 1 saturated carbocycles. The molecule has 1 amide bonds. The van der Waals surface area contributed by atoms with Gasteiger partial charge in [-0.2, -0.15) is 0 Å². The van der Waals surface area contributed by atoms with Gasteiger partial charge in [0, 0.05) is 30.7 Å². The number of hydrogen-bond donors (Lipinski definition) is 2. The first-order valence-electron chi connectivity index (χ1n) is 8.93. The van der Waals surface area contributed by atoms with Gasteiger partial charge in [0.1, 0.15) is 5.82 Å². The van der Waals surface area contributed by atoms with Crippen molar-refractivity contribution in [3.05, 3.63) is 35.6 Å². The molecular formula is C19H27FN2O2. The Morgan fingerprint density at radius 3 is 2.88 bits per heavy atom. The molecule has 2 fully saturated rings. The van der Waals surface area contributed by atoms with Crippen molar-refractivity contribution in [3.63, 3.8) is 0 Å². The van der Waals surface area contributed by atoms with E-state index in [0.29, 0.717) is 12.1 Å². The van der Waals surface area contributed by atoms with Gasteiger partial charge in [-0.3, -0.25) is 9.69 Å². The van der Waals surface area contributed by atoms with Crippen molar-refractivity contribution < 1.29 is 14.3 Å². The second-order valence-electron chi connectivity index (χ2n) is 7.49. The molecule has 5 heteroatoms. The van der Waals surface area contributed by atoms with Crippen LogP contribution in [0.1, 0.15) is 37.7 Å². The third-order valence-electron chi connectivity index (χ3n) is 5.30. The maximum Gasteiger partial charge on any atom is 0.234 e. The van der Waals surface area contributed by atoms with Crippen molar-refractivity contribution in [2.75, 3.05) is 26.2 Å². The molecule has 1 unspecified atom stereocenters. The van der Waals surface area contributed by atoms with E-state index in [4.69, 9.17) is 0 Å². The Morgan fingerprint density at radius 1 is 1.38 bits per heavy atom. The summed E-state index contributed by atoms with van der Waals surface area (Å²) in [6.07, 6.45) is 5.72. The molecule has 3 rings (SSSR count). The van der Waals surface area contributed by atoms with Crippen molar-refractivity contribution in [1.82, 2.24) is 10.2 Å². The predicted octanol–water partition coefficient (Wildman–Crippen LogP) is 2.32. The van der Waals surface area contributed by atoms with Crippen LogP contribution >= 0.6 is 0 Å². The van der Waals surface area contributed by atoms with Gasteiger partial charge in [0.25, 0.3) is 0 Å². The van der Waals surface area contributed by atoms with Crippen molar-refractivity contribution in [2.24, 2.45) is 11.3 Å². The molecule has 0 aromatic heterocycles. The Kier molecular flexibility index (Phi) is 5.51. The Balaban J connectivity index is 1.49. The zero-order chi connectivity index (χ0) is 17.0. The zero-order valence-corrected chi connectivity index (χ0v) is 14.1. The SMILES string of the molecule is O=C(CN1CCCC(CO)(CC2CC2)C1)NCc1ccccc1F. The van der Waals surface area contributed by atoms with Gasteiger partial charge in [0.2, 0.25) is 5.91 Å². The van der Waals surface area contributed by atoms with Crippen LogP contribution in [0.15, 0.2) is 24.3 Å². The van der Waals surface area contributed by atoms with Gasteiger partial charge in [-0.25, -0.2) is 4.39 Å². The number of aliphatic hydroxyl groups is 1. The molecule has 0 bridgehead atoms. The monoisotopic (exact) mass is 334 g/mol. The number of piperidine rings is 1. The Bertz CT molecular complexity index is 576. The Morgan fingerprint density at radius 2 is 2.17 bits per heavy atom. The molecule has 1 aromatic rings. The topological polar surface area (TPSA) is 52.6 Å². The summed E-state index contributed by atoms with van der Waals surface area (Å²) in [6, 6.07) is 6.49. The van der Waals surface area contributed by atoms with E-state index in [9.17, 15) is 14.3 Å². The molecule has 1 heterocycles. The largest absolute Gasteiger partial charge is 0.396 e. The van der Waals surface area contributed by atoms with E-state index in [1.165, 1.54) is 18.9 Å². The summed E-state index contributed by atoms with van der Waals surface area (Å²) in [6.45, 7) is 2.41. The van der Waals surface area contributed by atoms with Gasteiger partial charge < -0.3 is 10.4 Å². The Hall–Kier alpha value is -1.46. The molecule has 4 nitrogen and oxygen atoms in total. The lowest BCUT2D eigenvalue weighted by molar-refractivity contribution is -0.123. The van der Waals surface area contributed by atoms with Crippen LogP contribution in [-0.2, 0) is 11.3 Å². The van der Waals surface area contributed by atoms with Crippen molar-refractivity contribution in [2.45, 2.75) is 38.6 Å². The fourth-order valence-electron chi connectivity index (χ4n) is 3.83. The number of rotatable bonds is 7. The van der Waals surface area contributed by atoms with Gasteiger partial charge in [-0.1, -0.05) is 31.0 Å². The van der Waals surface area contributed by atoms with E-state index in [-0.39, 0.29) is 30.3 Å². The average molecular weight is 334 g/mol. The van der Waals surface area contributed by atoms with Gasteiger partial charge in [0.15, 0.2) is 0 Å². The van der Waals surface area contributed by atoms with Crippen LogP contribution in [0.5, 0.6) is 0 Å². The molecule has 1 aliphatic heterocycles. The van der Waals surface area contributed by atoms with Gasteiger partial charge in [-0.05, 0) is 37.8 Å². The number of hydrogen-bond acceptors (Lipinski definition) is 3. The number of amides is 1. The number of nitrogens with zero attached hydrogens (tertiary/aromatic N) is 1. The van der Waals surface area contributed by atoms with E-state index < -0.39 is 0 Å². The molecule has 132 valence electrons. The summed E-state index contributed by atoms with van der Waals surface area (Å²) < 4.78 is 13.6. The maximum absolute atomic E-state index is 13.6. The second-order valence-corrected chi connectivity index (χ2v) is 7.49. The highest BCUT2D eigenvalue weighted by atomic mass is 19.1. The van der Waals surface area contributed by atoms with Crippen LogP contribution < -0.4 is 5.32 Å². The van der Waals surface area contributed by atoms with Gasteiger partial charge >= 0.3 is 0 Å². The first-order valence-corrected chi connectivity index (χ1v) is 8.93. The third-order valence-corrected chi connectivity index (χ3v) is 5.30. The third kappa shape index (κ3) is 4.54. The molecule has 2 aliphatic rings. The normalized spacial score (nSPS) is 24.8. The molecule has 1 atom stereocenters. The molecule has 2 N–H and O–H groups in total. The summed E-state index contributed by atoms with van der Waals surface area (Å²) in [5.41, 5.74) is 0.466. The number of nitrogens with one attached hydrogen (secondary N) is 1. The molecule has 1 aliphatic carbocycles. The molecule has 1 aromatic carbocycles. The number of carbonyl (C=O) groups is 1. The highest BCUT2D eigenvalue weighted by molar-refractivity contribution is 5.78. The average Bonchev–Trinajstić information content (AvgIpc) is 3.38. The minimum atomic E-state index is -0.292. The molecule has 0 spiro atoms. The minimum Gasteiger partial charge on any atom is -0.396 e. The number of benzene rings is 1. The first-order chi connectivity index (χ1) is 11.6. The standard InChI is InChI=1S/C19H27FN2O2/c20-17-5-2-1-4-16(17)11-21-18(24)12-22-9-3-8-19(13-22,14-23)10-15-6-7-15/h1-2,4-5,15,23H,3,6-14H2,(H,21,24). The summed E-state index contributed by atoms with van der Waals surface area (Å²) in [4.78, 5) is 14.3. The number of carbonyl (C=O) groups excluding carboxylic acids is 1. The van der Waals surface area contributed by atoms with E-state index in [1.807, 2.05) is 0 Å². The van der Waals surface area contributed by atoms with E-state index in [0.717, 1.165) is 38.3 Å². The molecular weight excluding hydrogens is 307 g/mol. The summed E-state index contributed by atoms with van der Waals surface area (Å²) in [5.74, 6) is 0.393. The minimum absolute atomic E-state index is 0.0365. The highest BCUT2D eigenvalue weighted by Crippen LogP contribution is 2.44. The maximum atomic E-state index is 13.6. The summed E-state index contributed by atoms with van der Waals surface area (Å²) in [5, 5.41) is 12.7. The lowest BCUT2D eigenvalue weighted by atomic mass is 9.76. The van der Waals surface area contributed by atoms with Crippen LogP contribution in [0.3, 0.4) is 0 Å². The van der Waals surface area contributed by atoms with Crippen molar-refractivity contribution in [3.8, 4) is 0 Å². The van der Waals surface area contributed by atoms with Crippen LogP contribution in [0.2, 0.25) is 0 Å². The van der Waals surface area contributed by atoms with Crippen molar-refractivity contribution in [1.29, 1.82) is 0 Å². The van der Waals surface area contributed by atoms with E-state index in [2.05, 4.69) is 10.2 Å². The first kappa shape index (κ1) is 17.4. The summed E-state index contributed by atoms with van der Waals surface area (Å²) >= 11 is 0. The predicted molar refractivity (Wildman–Crippen MR) is 90.8 cm³/mol. The number of halogens is 1. The number of likely N-dealkylation sites (tertiary alicyclic amines) is 1. The van der Waals surface area contributed by atoms with E-state index in [1.54, 1.807) is 18.2 Å². The fourth-order valence-corrected chi connectivity index (χ4v) is 3.83. The van der Waals surface area contributed by atoms with Crippen molar-refractivity contribution >= 4 is 5.91 Å². The highest BCUT2D eigenvalue weighted by Gasteiger charge is 2.40. The molecule has 24 heavy (non-hydrogen) atoms. The van der Waals surface area contributed by atoms with Crippen LogP contribution in [0.4, 0.5) is 4.39 Å². The summed E-state index contributed by atoms with van der Waals surface area (Å²) in [7, 11) is 0. The second kappa shape index (κ2) is 7.62. The lowest BCUT2D eigenvalue weighted by Crippen LogP contribution is -2.48. The van der Waals surface area contributed by atoms with Gasteiger partial charge in [-0.15, -0.1) is 0 Å². The smallest absolute Gasteiger partial charge is 0.234 e. The van der Waals surface area contributed by atoms with Crippen LogP contribution in [0, 0.1) is 17.2 Å².